The Morgan fingerprint density at radius 3 is 2.42 bits per heavy atom. The van der Waals surface area contributed by atoms with E-state index in [0.717, 1.165) is 5.56 Å². The number of aryl methyl sites for hydroxylation is 3. The molecule has 0 fully saturated rings. The van der Waals surface area contributed by atoms with Gasteiger partial charge in [0, 0.05) is 16.4 Å². The third kappa shape index (κ3) is 3.79. The summed E-state index contributed by atoms with van der Waals surface area (Å²) in [6.07, 6.45) is 0. The molecule has 0 unspecified atom stereocenters. The minimum absolute atomic E-state index is 0.174. The highest BCUT2D eigenvalue weighted by Crippen LogP contribution is 2.24. The Morgan fingerprint density at radius 2 is 1.79 bits per heavy atom. The van der Waals surface area contributed by atoms with Crippen molar-refractivity contribution in [2.75, 3.05) is 13.2 Å². The van der Waals surface area contributed by atoms with Crippen molar-refractivity contribution in [3.63, 3.8) is 0 Å². The first-order chi connectivity index (χ1) is 11.3. The van der Waals surface area contributed by atoms with Crippen molar-refractivity contribution in [3.8, 4) is 5.75 Å². The minimum Gasteiger partial charge on any atom is -0.485 e. The quantitative estimate of drug-likeness (QED) is 0.631. The second kappa shape index (κ2) is 7.53. The van der Waals surface area contributed by atoms with Crippen LogP contribution in [-0.4, -0.2) is 30.0 Å². The molecule has 0 atom stereocenters. The van der Waals surface area contributed by atoms with Gasteiger partial charge in [-0.1, -0.05) is 11.6 Å². The first-order valence-corrected chi connectivity index (χ1v) is 8.01. The molecule has 0 aliphatic rings. The summed E-state index contributed by atoms with van der Waals surface area (Å²) in [5.41, 5.74) is 2.66. The lowest BCUT2D eigenvalue weighted by molar-refractivity contribution is 0.0522. The second-order valence-corrected chi connectivity index (χ2v) is 5.90. The molecule has 1 heterocycles. The first kappa shape index (κ1) is 18.1. The summed E-state index contributed by atoms with van der Waals surface area (Å²) in [6, 6.07) is 5.17. The molecular formula is C18H20ClNO4. The van der Waals surface area contributed by atoms with Crippen molar-refractivity contribution in [1.29, 1.82) is 0 Å². The Morgan fingerprint density at radius 1 is 1.12 bits per heavy atom. The van der Waals surface area contributed by atoms with E-state index in [4.69, 9.17) is 21.1 Å². The number of carbonyl (C=O) groups is 2. The number of benzene rings is 1. The van der Waals surface area contributed by atoms with Crippen molar-refractivity contribution in [1.82, 2.24) is 4.98 Å². The Hall–Kier alpha value is -2.27. The minimum atomic E-state index is -0.509. The molecule has 0 amide bonds. The van der Waals surface area contributed by atoms with Gasteiger partial charge in [0.2, 0.25) is 5.78 Å². The Bertz CT molecular complexity index is 780. The molecule has 24 heavy (non-hydrogen) atoms. The lowest BCUT2D eigenvalue weighted by Gasteiger charge is -2.10. The molecule has 0 spiro atoms. The zero-order valence-electron chi connectivity index (χ0n) is 14.2. The number of aromatic amines is 1. The highest BCUT2D eigenvalue weighted by atomic mass is 35.5. The predicted octanol–water partition coefficient (Wildman–Crippen LogP) is 4.03. The zero-order chi connectivity index (χ0) is 17.9. The summed E-state index contributed by atoms with van der Waals surface area (Å²) < 4.78 is 10.6. The van der Waals surface area contributed by atoms with Crippen molar-refractivity contribution < 1.29 is 19.1 Å². The number of H-pyrrole nitrogens is 1. The molecule has 0 bridgehead atoms. The maximum atomic E-state index is 12.6. The van der Waals surface area contributed by atoms with Crippen LogP contribution in [0.4, 0.5) is 0 Å². The molecular weight excluding hydrogens is 330 g/mol. The number of nitrogens with one attached hydrogen (secondary N) is 1. The average molecular weight is 350 g/mol. The van der Waals surface area contributed by atoms with Gasteiger partial charge in [0.1, 0.15) is 5.75 Å². The molecule has 0 aliphatic carbocycles. The van der Waals surface area contributed by atoms with Gasteiger partial charge in [0.25, 0.3) is 0 Å². The number of ketones is 1. The third-order valence-corrected chi connectivity index (χ3v) is 3.86. The van der Waals surface area contributed by atoms with E-state index >= 15 is 0 Å². The van der Waals surface area contributed by atoms with E-state index in [9.17, 15) is 9.59 Å². The third-order valence-electron chi connectivity index (χ3n) is 3.63. The number of halogens is 1. The van der Waals surface area contributed by atoms with E-state index in [2.05, 4.69) is 4.98 Å². The fourth-order valence-corrected chi connectivity index (χ4v) is 2.81. The van der Waals surface area contributed by atoms with E-state index in [0.29, 0.717) is 27.7 Å². The van der Waals surface area contributed by atoms with Gasteiger partial charge in [-0.05, 0) is 51.5 Å². The van der Waals surface area contributed by atoms with Gasteiger partial charge in [0.05, 0.1) is 17.7 Å². The second-order valence-electron chi connectivity index (χ2n) is 5.47. The van der Waals surface area contributed by atoms with Crippen molar-refractivity contribution >= 4 is 23.4 Å². The van der Waals surface area contributed by atoms with Crippen molar-refractivity contribution in [2.24, 2.45) is 0 Å². The van der Waals surface area contributed by atoms with Crippen molar-refractivity contribution in [3.05, 3.63) is 51.3 Å². The predicted molar refractivity (Wildman–Crippen MR) is 92.2 cm³/mol. The Labute approximate surface area is 145 Å². The van der Waals surface area contributed by atoms with Gasteiger partial charge in [-0.25, -0.2) is 4.79 Å². The Kier molecular flexibility index (Phi) is 5.67. The highest BCUT2D eigenvalue weighted by Gasteiger charge is 2.25. The van der Waals surface area contributed by atoms with Crippen LogP contribution in [0.25, 0.3) is 0 Å². The van der Waals surface area contributed by atoms with E-state index in [1.165, 1.54) is 0 Å². The van der Waals surface area contributed by atoms with Crippen LogP contribution in [0, 0.1) is 20.8 Å². The van der Waals surface area contributed by atoms with Crippen LogP contribution in [0.1, 0.15) is 44.6 Å². The lowest BCUT2D eigenvalue weighted by atomic mass is 10.1. The van der Waals surface area contributed by atoms with Crippen molar-refractivity contribution in [2.45, 2.75) is 27.7 Å². The van der Waals surface area contributed by atoms with Crippen LogP contribution in [0.15, 0.2) is 18.2 Å². The SMILES string of the molecule is CCOC(=O)c1c(C)[nH]c(C)c1C(=O)COc1ccc(Cl)cc1C. The molecule has 0 radical (unpaired) electrons. The molecule has 2 rings (SSSR count). The normalized spacial score (nSPS) is 10.5. The first-order valence-electron chi connectivity index (χ1n) is 7.63. The number of esters is 1. The van der Waals surface area contributed by atoms with Gasteiger partial charge in [-0.2, -0.15) is 0 Å². The summed E-state index contributed by atoms with van der Waals surface area (Å²) in [5.74, 6) is -0.213. The average Bonchev–Trinajstić information content (AvgIpc) is 2.80. The zero-order valence-corrected chi connectivity index (χ0v) is 14.9. The number of hydrogen-bond donors (Lipinski definition) is 1. The van der Waals surface area contributed by atoms with Crippen LogP contribution < -0.4 is 4.74 Å². The standard InChI is InChI=1S/C18H20ClNO4/c1-5-23-18(22)17-12(4)20-11(3)16(17)14(21)9-24-15-7-6-13(19)8-10(15)2/h6-8,20H,5,9H2,1-4H3. The molecule has 0 saturated carbocycles. The number of Topliss-reactive ketones (excluding diaryl/α,β-unsaturated/α-hetero) is 1. The van der Waals surface area contributed by atoms with Crippen LogP contribution in [0.2, 0.25) is 5.02 Å². The summed E-state index contributed by atoms with van der Waals surface area (Å²) in [7, 11) is 0. The Balaban J connectivity index is 2.22. The fraction of sp³-hybridized carbons (Fsp3) is 0.333. The van der Waals surface area contributed by atoms with Crippen LogP contribution in [0.3, 0.4) is 0 Å². The van der Waals surface area contributed by atoms with Gasteiger partial charge in [-0.3, -0.25) is 4.79 Å². The molecule has 1 N–H and O–H groups in total. The van der Waals surface area contributed by atoms with E-state index in [1.807, 2.05) is 6.92 Å². The van der Waals surface area contributed by atoms with E-state index < -0.39 is 5.97 Å². The fourth-order valence-electron chi connectivity index (χ4n) is 2.58. The monoisotopic (exact) mass is 349 g/mol. The molecule has 0 saturated heterocycles. The maximum absolute atomic E-state index is 12.6. The molecule has 5 nitrogen and oxygen atoms in total. The highest BCUT2D eigenvalue weighted by molar-refractivity contribution is 6.30. The number of hydrogen-bond acceptors (Lipinski definition) is 4. The van der Waals surface area contributed by atoms with Gasteiger partial charge in [0.15, 0.2) is 6.61 Å². The molecule has 6 heteroatoms. The van der Waals surface area contributed by atoms with E-state index in [1.54, 1.807) is 39.0 Å². The van der Waals surface area contributed by atoms with Crippen LogP contribution in [-0.2, 0) is 4.74 Å². The summed E-state index contributed by atoms with van der Waals surface area (Å²) in [6.45, 7) is 7.13. The molecule has 1 aromatic heterocycles. The number of aromatic nitrogens is 1. The molecule has 2 aromatic rings. The van der Waals surface area contributed by atoms with Crippen LogP contribution in [0.5, 0.6) is 5.75 Å². The topological polar surface area (TPSA) is 68.4 Å². The van der Waals surface area contributed by atoms with Crippen LogP contribution >= 0.6 is 11.6 Å². The summed E-state index contributed by atoms with van der Waals surface area (Å²) >= 11 is 5.91. The summed E-state index contributed by atoms with van der Waals surface area (Å²) in [5, 5.41) is 0.605. The van der Waals surface area contributed by atoms with Gasteiger partial charge in [-0.15, -0.1) is 0 Å². The smallest absolute Gasteiger partial charge is 0.340 e. The molecule has 1 aromatic carbocycles. The van der Waals surface area contributed by atoms with Gasteiger partial charge >= 0.3 is 5.97 Å². The number of carbonyl (C=O) groups excluding carboxylic acids is 2. The van der Waals surface area contributed by atoms with E-state index in [-0.39, 0.29) is 24.6 Å². The maximum Gasteiger partial charge on any atom is 0.340 e. The van der Waals surface area contributed by atoms with Gasteiger partial charge < -0.3 is 14.5 Å². The molecule has 128 valence electrons. The molecule has 0 aliphatic heterocycles. The largest absolute Gasteiger partial charge is 0.485 e. The lowest BCUT2D eigenvalue weighted by Crippen LogP contribution is -2.17. The number of rotatable bonds is 6. The number of ether oxygens (including phenoxy) is 2. The summed E-state index contributed by atoms with van der Waals surface area (Å²) in [4.78, 5) is 27.7.